The first kappa shape index (κ1) is 19.2. The van der Waals surface area contributed by atoms with Crippen LogP contribution in [0.1, 0.15) is 22.6 Å². The van der Waals surface area contributed by atoms with Crippen LogP contribution in [0.4, 0.5) is 4.39 Å². The number of benzene rings is 2. The first-order chi connectivity index (χ1) is 15.3. The molecule has 2 aromatic heterocycles. The molecule has 4 aromatic rings. The van der Waals surface area contributed by atoms with Crippen LogP contribution in [0.15, 0.2) is 85.5 Å². The largest absolute Gasteiger partial charge is 0.486 e. The van der Waals surface area contributed by atoms with Gasteiger partial charge in [-0.05, 0) is 70.6 Å². The molecular formula is C26H21FN2O2. The Morgan fingerprint density at radius 1 is 0.806 bits per heavy atom. The van der Waals surface area contributed by atoms with E-state index in [1.165, 1.54) is 6.07 Å². The van der Waals surface area contributed by atoms with Gasteiger partial charge in [0.15, 0.2) is 11.5 Å². The third kappa shape index (κ3) is 4.12. The second-order valence-corrected chi connectivity index (χ2v) is 7.49. The van der Waals surface area contributed by atoms with Gasteiger partial charge in [0.05, 0.1) is 0 Å². The van der Waals surface area contributed by atoms with E-state index in [0.717, 1.165) is 33.6 Å². The van der Waals surface area contributed by atoms with Gasteiger partial charge in [0.1, 0.15) is 19.0 Å². The molecule has 154 valence electrons. The monoisotopic (exact) mass is 412 g/mol. The highest BCUT2D eigenvalue weighted by molar-refractivity contribution is 5.71. The molecular weight excluding hydrogens is 391 g/mol. The number of pyridine rings is 2. The molecule has 0 N–H and O–H groups in total. The molecule has 0 saturated carbocycles. The lowest BCUT2D eigenvalue weighted by Gasteiger charge is -2.21. The van der Waals surface area contributed by atoms with Crippen molar-refractivity contribution in [2.75, 3.05) is 13.2 Å². The van der Waals surface area contributed by atoms with Gasteiger partial charge in [-0.1, -0.05) is 24.3 Å². The fraction of sp³-hybridized carbons (Fsp3) is 0.154. The maximum atomic E-state index is 14.3. The van der Waals surface area contributed by atoms with Gasteiger partial charge in [-0.3, -0.25) is 9.97 Å². The van der Waals surface area contributed by atoms with Gasteiger partial charge in [-0.2, -0.15) is 0 Å². The van der Waals surface area contributed by atoms with Crippen molar-refractivity contribution < 1.29 is 13.9 Å². The Bertz CT molecular complexity index is 1140. The summed E-state index contributed by atoms with van der Waals surface area (Å²) in [5.74, 6) is 1.18. The summed E-state index contributed by atoms with van der Waals surface area (Å²) in [5, 5.41) is 0. The Morgan fingerprint density at radius 3 is 2.19 bits per heavy atom. The first-order valence-electron chi connectivity index (χ1n) is 10.3. The highest BCUT2D eigenvalue weighted by Gasteiger charge is 2.20. The SMILES string of the molecule is Fc1ccc(CC(c2cccnc2)c2cccnc2)c(-c2ccc3c(c2)OCCO3)c1. The number of rotatable bonds is 5. The lowest BCUT2D eigenvalue weighted by atomic mass is 9.85. The molecule has 0 fully saturated rings. The highest BCUT2D eigenvalue weighted by Crippen LogP contribution is 2.38. The number of nitrogens with zero attached hydrogens (tertiary/aromatic N) is 2. The van der Waals surface area contributed by atoms with Crippen molar-refractivity contribution in [3.63, 3.8) is 0 Å². The van der Waals surface area contributed by atoms with E-state index in [9.17, 15) is 4.39 Å². The maximum absolute atomic E-state index is 14.3. The predicted molar refractivity (Wildman–Crippen MR) is 117 cm³/mol. The van der Waals surface area contributed by atoms with E-state index in [-0.39, 0.29) is 11.7 Å². The minimum atomic E-state index is -0.270. The molecule has 2 aromatic carbocycles. The van der Waals surface area contributed by atoms with Crippen LogP contribution in [0.5, 0.6) is 11.5 Å². The van der Waals surface area contributed by atoms with Crippen molar-refractivity contribution in [3.05, 3.63) is 108 Å². The standard InChI is InChI=1S/C26H21FN2O2/c27-22-7-5-18(24(15-22)19-6-8-25-26(14-19)31-12-11-30-25)13-23(20-3-1-9-28-16-20)21-4-2-10-29-17-21/h1-10,14-17,23H,11-13H2. The maximum Gasteiger partial charge on any atom is 0.161 e. The molecule has 0 unspecified atom stereocenters. The summed E-state index contributed by atoms with van der Waals surface area (Å²) in [5.41, 5.74) is 4.96. The first-order valence-corrected chi connectivity index (χ1v) is 10.3. The van der Waals surface area contributed by atoms with E-state index < -0.39 is 0 Å². The van der Waals surface area contributed by atoms with E-state index in [2.05, 4.69) is 22.1 Å². The Labute approximate surface area is 180 Å². The fourth-order valence-corrected chi connectivity index (χ4v) is 4.02. The third-order valence-electron chi connectivity index (χ3n) is 5.52. The number of hydrogen-bond donors (Lipinski definition) is 0. The molecule has 0 saturated heterocycles. The van der Waals surface area contributed by atoms with Crippen molar-refractivity contribution in [1.82, 2.24) is 9.97 Å². The molecule has 0 radical (unpaired) electrons. The second-order valence-electron chi connectivity index (χ2n) is 7.49. The van der Waals surface area contributed by atoms with Crippen LogP contribution in [0.25, 0.3) is 11.1 Å². The number of fused-ring (bicyclic) bond motifs is 1. The molecule has 4 nitrogen and oxygen atoms in total. The molecule has 0 aliphatic carbocycles. The van der Waals surface area contributed by atoms with Crippen molar-refractivity contribution in [1.29, 1.82) is 0 Å². The van der Waals surface area contributed by atoms with Gasteiger partial charge in [-0.25, -0.2) is 4.39 Å². The molecule has 0 bridgehead atoms. The number of hydrogen-bond acceptors (Lipinski definition) is 4. The van der Waals surface area contributed by atoms with Gasteiger partial charge >= 0.3 is 0 Å². The van der Waals surface area contributed by atoms with Crippen molar-refractivity contribution >= 4 is 0 Å². The zero-order valence-corrected chi connectivity index (χ0v) is 16.9. The molecule has 0 spiro atoms. The topological polar surface area (TPSA) is 44.2 Å². The van der Waals surface area contributed by atoms with Gasteiger partial charge in [0, 0.05) is 30.7 Å². The van der Waals surface area contributed by atoms with Crippen LogP contribution in [0.2, 0.25) is 0 Å². The number of halogens is 1. The van der Waals surface area contributed by atoms with Crippen molar-refractivity contribution in [2.45, 2.75) is 12.3 Å². The van der Waals surface area contributed by atoms with E-state index >= 15 is 0 Å². The fourth-order valence-electron chi connectivity index (χ4n) is 4.02. The second kappa shape index (κ2) is 8.56. The van der Waals surface area contributed by atoms with Crippen LogP contribution in [-0.2, 0) is 6.42 Å². The average molecular weight is 412 g/mol. The van der Waals surface area contributed by atoms with Crippen LogP contribution < -0.4 is 9.47 Å². The minimum absolute atomic E-state index is 0.0452. The van der Waals surface area contributed by atoms with E-state index in [4.69, 9.17) is 9.47 Å². The van der Waals surface area contributed by atoms with Crippen molar-refractivity contribution in [2.24, 2.45) is 0 Å². The molecule has 0 atom stereocenters. The smallest absolute Gasteiger partial charge is 0.161 e. The normalized spacial score (nSPS) is 12.7. The van der Waals surface area contributed by atoms with Crippen LogP contribution in [-0.4, -0.2) is 23.2 Å². The van der Waals surface area contributed by atoms with E-state index in [1.807, 2.05) is 48.8 Å². The summed E-state index contributed by atoms with van der Waals surface area (Å²) >= 11 is 0. The highest BCUT2D eigenvalue weighted by atomic mass is 19.1. The van der Waals surface area contributed by atoms with Gasteiger partial charge < -0.3 is 9.47 Å². The predicted octanol–water partition coefficient (Wildman–Crippen LogP) is 5.43. The molecule has 5 heteroatoms. The summed E-state index contributed by atoms with van der Waals surface area (Å²) in [4.78, 5) is 8.61. The quantitative estimate of drug-likeness (QED) is 0.439. The molecule has 1 aliphatic rings. The Hall–Kier alpha value is -3.73. The Balaban J connectivity index is 1.57. The zero-order chi connectivity index (χ0) is 21.0. The molecule has 5 rings (SSSR count). The molecule has 1 aliphatic heterocycles. The van der Waals surface area contributed by atoms with Gasteiger partial charge in [0.25, 0.3) is 0 Å². The molecule has 0 amide bonds. The summed E-state index contributed by atoms with van der Waals surface area (Å²) in [6, 6.07) is 18.7. The lowest BCUT2D eigenvalue weighted by Crippen LogP contribution is -2.15. The van der Waals surface area contributed by atoms with Crippen molar-refractivity contribution in [3.8, 4) is 22.6 Å². The van der Waals surface area contributed by atoms with Crippen LogP contribution in [0, 0.1) is 5.82 Å². The van der Waals surface area contributed by atoms with Gasteiger partial charge in [-0.15, -0.1) is 0 Å². The third-order valence-corrected chi connectivity index (χ3v) is 5.52. The summed E-state index contributed by atoms with van der Waals surface area (Å²) in [7, 11) is 0. The average Bonchev–Trinajstić information content (AvgIpc) is 2.84. The van der Waals surface area contributed by atoms with Gasteiger partial charge in [0.2, 0.25) is 0 Å². The minimum Gasteiger partial charge on any atom is -0.486 e. The zero-order valence-electron chi connectivity index (χ0n) is 16.9. The Kier molecular flexibility index (Phi) is 5.31. The summed E-state index contributed by atoms with van der Waals surface area (Å²) in [6.07, 6.45) is 7.97. The summed E-state index contributed by atoms with van der Waals surface area (Å²) in [6.45, 7) is 1.05. The van der Waals surface area contributed by atoms with E-state index in [0.29, 0.717) is 25.4 Å². The number of aromatic nitrogens is 2. The number of ether oxygens (including phenoxy) is 2. The Morgan fingerprint density at radius 2 is 1.52 bits per heavy atom. The lowest BCUT2D eigenvalue weighted by molar-refractivity contribution is 0.171. The van der Waals surface area contributed by atoms with Crippen LogP contribution in [0.3, 0.4) is 0 Å². The van der Waals surface area contributed by atoms with Crippen LogP contribution >= 0.6 is 0 Å². The molecule has 3 heterocycles. The molecule has 31 heavy (non-hydrogen) atoms. The summed E-state index contributed by atoms with van der Waals surface area (Å²) < 4.78 is 25.7. The van der Waals surface area contributed by atoms with E-state index in [1.54, 1.807) is 18.5 Å².